The summed E-state index contributed by atoms with van der Waals surface area (Å²) in [7, 11) is 1.96. The summed E-state index contributed by atoms with van der Waals surface area (Å²) < 4.78 is 7.85. The van der Waals surface area contributed by atoms with Crippen LogP contribution in [0.3, 0.4) is 0 Å². The third-order valence-corrected chi connectivity index (χ3v) is 4.63. The summed E-state index contributed by atoms with van der Waals surface area (Å²) in [5.41, 5.74) is 5.77. The second-order valence-electron chi connectivity index (χ2n) is 6.57. The van der Waals surface area contributed by atoms with Crippen molar-refractivity contribution in [3.05, 3.63) is 65.6 Å². The molecule has 2 aromatic heterocycles. The number of pyridine rings is 1. The fourth-order valence-corrected chi connectivity index (χ4v) is 3.39. The van der Waals surface area contributed by atoms with Gasteiger partial charge in [0.05, 0.1) is 5.69 Å². The molecule has 5 nitrogen and oxygen atoms in total. The van der Waals surface area contributed by atoms with Gasteiger partial charge in [0.2, 0.25) is 0 Å². The minimum absolute atomic E-state index is 0.305. The maximum Gasteiger partial charge on any atom is 0.125 e. The van der Waals surface area contributed by atoms with Gasteiger partial charge in [0.25, 0.3) is 0 Å². The highest BCUT2D eigenvalue weighted by Gasteiger charge is 2.21. The van der Waals surface area contributed by atoms with Gasteiger partial charge in [-0.05, 0) is 36.6 Å². The molecule has 0 saturated heterocycles. The van der Waals surface area contributed by atoms with Gasteiger partial charge >= 0.3 is 0 Å². The maximum absolute atomic E-state index is 5.98. The molecule has 1 aliphatic rings. The van der Waals surface area contributed by atoms with Gasteiger partial charge < -0.3 is 10.1 Å². The van der Waals surface area contributed by atoms with Crippen LogP contribution in [0.25, 0.3) is 11.3 Å². The predicted molar refractivity (Wildman–Crippen MR) is 97.4 cm³/mol. The first-order chi connectivity index (χ1) is 12.2. The van der Waals surface area contributed by atoms with E-state index in [1.165, 1.54) is 16.7 Å². The van der Waals surface area contributed by atoms with Crippen molar-refractivity contribution >= 4 is 0 Å². The van der Waals surface area contributed by atoms with Crippen molar-refractivity contribution in [1.29, 1.82) is 0 Å². The van der Waals surface area contributed by atoms with Crippen LogP contribution < -0.4 is 10.1 Å². The molecule has 1 unspecified atom stereocenters. The molecule has 0 spiro atoms. The normalized spacial score (nSPS) is 16.3. The average molecular weight is 334 g/mol. The summed E-state index contributed by atoms with van der Waals surface area (Å²) >= 11 is 0. The Morgan fingerprint density at radius 2 is 2.08 bits per heavy atom. The molecule has 25 heavy (non-hydrogen) atoms. The van der Waals surface area contributed by atoms with Crippen molar-refractivity contribution in [2.45, 2.75) is 25.9 Å². The van der Waals surface area contributed by atoms with Crippen LogP contribution in [0, 0.1) is 6.92 Å². The zero-order valence-corrected chi connectivity index (χ0v) is 14.6. The highest BCUT2D eigenvalue weighted by atomic mass is 16.5. The zero-order chi connectivity index (χ0) is 17.2. The fraction of sp³-hybridized carbons (Fsp3) is 0.300. The quantitative estimate of drug-likeness (QED) is 0.797. The molecule has 4 rings (SSSR count). The number of nitrogens with zero attached hydrogens (tertiary/aromatic N) is 3. The lowest BCUT2D eigenvalue weighted by Gasteiger charge is -2.27. The molecule has 1 aliphatic heterocycles. The molecule has 0 radical (unpaired) electrons. The Balaban J connectivity index is 1.48. The van der Waals surface area contributed by atoms with E-state index in [0.717, 1.165) is 30.0 Å². The number of rotatable bonds is 4. The highest BCUT2D eigenvalue weighted by molar-refractivity contribution is 5.61. The Labute approximate surface area is 147 Å². The van der Waals surface area contributed by atoms with Crippen LogP contribution in [-0.2, 0) is 20.0 Å². The van der Waals surface area contributed by atoms with E-state index in [1.54, 1.807) is 12.4 Å². The van der Waals surface area contributed by atoms with E-state index in [1.807, 2.05) is 23.9 Å². The minimum atomic E-state index is 0.305. The van der Waals surface area contributed by atoms with E-state index in [-0.39, 0.29) is 0 Å². The molecule has 3 heterocycles. The van der Waals surface area contributed by atoms with E-state index in [9.17, 15) is 0 Å². The fourth-order valence-electron chi connectivity index (χ4n) is 3.39. The van der Waals surface area contributed by atoms with Gasteiger partial charge in [-0.2, -0.15) is 5.10 Å². The Kier molecular flexibility index (Phi) is 4.24. The number of ether oxygens (including phenoxy) is 1. The number of aryl methyl sites for hydroxylation is 2. The first-order valence-corrected chi connectivity index (χ1v) is 8.58. The Morgan fingerprint density at radius 3 is 2.92 bits per heavy atom. The number of hydrogen-bond donors (Lipinski definition) is 1. The largest absolute Gasteiger partial charge is 0.491 e. The number of aromatic nitrogens is 3. The lowest BCUT2D eigenvalue weighted by molar-refractivity contribution is 0.236. The van der Waals surface area contributed by atoms with Gasteiger partial charge in [-0.1, -0.05) is 18.2 Å². The summed E-state index contributed by atoms with van der Waals surface area (Å²) in [5.74, 6) is 1.06. The monoisotopic (exact) mass is 334 g/mol. The summed E-state index contributed by atoms with van der Waals surface area (Å²) in [4.78, 5) is 4.09. The van der Waals surface area contributed by atoms with Crippen LogP contribution in [0.1, 0.15) is 16.7 Å². The van der Waals surface area contributed by atoms with Crippen molar-refractivity contribution in [1.82, 2.24) is 20.1 Å². The van der Waals surface area contributed by atoms with Gasteiger partial charge in [-0.25, -0.2) is 0 Å². The molecule has 3 aromatic rings. The van der Waals surface area contributed by atoms with Crippen molar-refractivity contribution in [3.8, 4) is 17.0 Å². The van der Waals surface area contributed by atoms with E-state index in [0.29, 0.717) is 12.6 Å². The lowest BCUT2D eigenvalue weighted by atomic mass is 9.99. The number of fused-ring (bicyclic) bond motifs is 1. The van der Waals surface area contributed by atoms with Crippen LogP contribution in [0.15, 0.2) is 48.9 Å². The number of para-hydroxylation sites is 1. The third-order valence-electron chi connectivity index (χ3n) is 4.63. The van der Waals surface area contributed by atoms with Crippen LogP contribution in [0.2, 0.25) is 0 Å². The van der Waals surface area contributed by atoms with Gasteiger partial charge in [-0.15, -0.1) is 0 Å². The maximum atomic E-state index is 5.98. The van der Waals surface area contributed by atoms with Crippen LogP contribution in [0.5, 0.6) is 5.75 Å². The van der Waals surface area contributed by atoms with Gasteiger partial charge in [0.1, 0.15) is 12.4 Å². The van der Waals surface area contributed by atoms with E-state index in [4.69, 9.17) is 4.74 Å². The van der Waals surface area contributed by atoms with Crippen LogP contribution >= 0.6 is 0 Å². The van der Waals surface area contributed by atoms with E-state index in [2.05, 4.69) is 46.7 Å². The topological polar surface area (TPSA) is 52.0 Å². The highest BCUT2D eigenvalue weighted by Crippen LogP contribution is 2.28. The lowest BCUT2D eigenvalue weighted by Crippen LogP contribution is -2.39. The number of hydrogen-bond acceptors (Lipinski definition) is 4. The van der Waals surface area contributed by atoms with Crippen molar-refractivity contribution in [2.75, 3.05) is 6.61 Å². The SMILES string of the molecule is Cc1cccc2c1OCC(NCc1cn(C)nc1-c1ccncc1)C2. The van der Waals surface area contributed by atoms with Crippen molar-refractivity contribution < 1.29 is 4.74 Å². The molecule has 0 amide bonds. The smallest absolute Gasteiger partial charge is 0.125 e. The average Bonchev–Trinajstić information content (AvgIpc) is 3.01. The molecule has 0 saturated carbocycles. The second kappa shape index (κ2) is 6.69. The third kappa shape index (κ3) is 3.28. The second-order valence-corrected chi connectivity index (χ2v) is 6.57. The zero-order valence-electron chi connectivity index (χ0n) is 14.6. The van der Waals surface area contributed by atoms with Crippen LogP contribution in [-0.4, -0.2) is 27.4 Å². The summed E-state index contributed by atoms with van der Waals surface area (Å²) in [5, 5.41) is 8.24. The molecule has 1 N–H and O–H groups in total. The number of nitrogens with one attached hydrogen (secondary N) is 1. The first-order valence-electron chi connectivity index (χ1n) is 8.58. The molecule has 5 heteroatoms. The van der Waals surface area contributed by atoms with Gasteiger partial charge in [0.15, 0.2) is 0 Å². The minimum Gasteiger partial charge on any atom is -0.491 e. The standard InChI is InChI=1S/C20H22N4O/c1-14-4-3-5-16-10-18(13-25-20(14)16)22-11-17-12-24(2)23-19(17)15-6-8-21-9-7-15/h3-9,12,18,22H,10-11,13H2,1-2H3. The van der Waals surface area contributed by atoms with Gasteiger partial charge in [0, 0.05) is 49.4 Å². The molecular formula is C20H22N4O. The van der Waals surface area contributed by atoms with E-state index >= 15 is 0 Å². The summed E-state index contributed by atoms with van der Waals surface area (Å²) in [6, 6.07) is 10.7. The molecule has 1 atom stereocenters. The summed E-state index contributed by atoms with van der Waals surface area (Å²) in [6.45, 7) is 3.56. The van der Waals surface area contributed by atoms with Crippen molar-refractivity contribution in [2.24, 2.45) is 7.05 Å². The molecular weight excluding hydrogens is 312 g/mol. The Bertz CT molecular complexity index is 873. The molecule has 1 aromatic carbocycles. The Hall–Kier alpha value is -2.66. The van der Waals surface area contributed by atoms with Gasteiger partial charge in [-0.3, -0.25) is 9.67 Å². The Morgan fingerprint density at radius 1 is 1.24 bits per heavy atom. The van der Waals surface area contributed by atoms with E-state index < -0.39 is 0 Å². The molecule has 128 valence electrons. The summed E-state index contributed by atoms with van der Waals surface area (Å²) in [6.07, 6.45) is 6.66. The predicted octanol–water partition coefficient (Wildman–Crippen LogP) is 2.88. The van der Waals surface area contributed by atoms with Crippen molar-refractivity contribution in [3.63, 3.8) is 0 Å². The van der Waals surface area contributed by atoms with Crippen LogP contribution in [0.4, 0.5) is 0 Å². The molecule has 0 bridgehead atoms. The number of benzene rings is 1. The first kappa shape index (κ1) is 15.8. The molecule has 0 aliphatic carbocycles. The molecule has 0 fully saturated rings.